The number of aromatic nitrogens is 8. The van der Waals surface area contributed by atoms with E-state index in [-0.39, 0.29) is 11.2 Å². The molecule has 0 spiro atoms. The first-order chi connectivity index (χ1) is 17.1. The fraction of sp³-hybridized carbons (Fsp3) is 0.130. The number of rotatable bonds is 4. The number of nitrogens with two attached hydrogens (primary N) is 1. The zero-order valence-corrected chi connectivity index (χ0v) is 18.9. The Hall–Kier alpha value is -4.29. The minimum atomic E-state index is -0.270. The molecule has 172 valence electrons. The number of fused-ring (bicyclic) bond motifs is 2. The number of nitrogens with one attached hydrogen (secondary N) is 2. The maximum absolute atomic E-state index is 13.6. The summed E-state index contributed by atoms with van der Waals surface area (Å²) in [5, 5.41) is 7.21. The van der Waals surface area contributed by atoms with Gasteiger partial charge in [-0.05, 0) is 30.3 Å². The van der Waals surface area contributed by atoms with Gasteiger partial charge in [0.2, 0.25) is 0 Å². The average molecular weight is 485 g/mol. The molecule has 4 N–H and O–H groups in total. The van der Waals surface area contributed by atoms with Gasteiger partial charge in [-0.25, -0.2) is 15.0 Å². The molecule has 1 aliphatic heterocycles. The topological polar surface area (TPSA) is 138 Å². The number of imidazole rings is 1. The number of hydrogen-bond acceptors (Lipinski definition) is 9. The van der Waals surface area contributed by atoms with Gasteiger partial charge in [0.25, 0.3) is 0 Å². The Bertz CT molecular complexity index is 1710. The molecule has 1 aliphatic rings. The lowest BCUT2D eigenvalue weighted by Gasteiger charge is -2.37. The first-order valence-corrected chi connectivity index (χ1v) is 11.7. The third-order valence-electron chi connectivity index (χ3n) is 5.96. The number of nitrogens with zero attached hydrogens (tertiary/aromatic N) is 7. The number of H-pyrrole nitrogens is 2. The molecule has 7 rings (SSSR count). The molecule has 0 atom stereocenters. The maximum Gasteiger partial charge on any atom is 0.177 e. The van der Waals surface area contributed by atoms with E-state index in [1.807, 2.05) is 18.2 Å². The van der Waals surface area contributed by atoms with Crippen molar-refractivity contribution >= 4 is 39.2 Å². The largest absolute Gasteiger partial charge is 0.352 e. The highest BCUT2D eigenvalue weighted by Gasteiger charge is 2.25. The normalized spacial score (nSPS) is 14.2. The molecule has 0 unspecified atom stereocenters. The second kappa shape index (κ2) is 7.61. The van der Waals surface area contributed by atoms with E-state index >= 15 is 0 Å². The third kappa shape index (κ3) is 3.33. The van der Waals surface area contributed by atoms with Crippen molar-refractivity contribution in [3.63, 3.8) is 0 Å². The van der Waals surface area contributed by atoms with Gasteiger partial charge in [0, 0.05) is 25.3 Å². The highest BCUT2D eigenvalue weighted by Crippen LogP contribution is 2.33. The summed E-state index contributed by atoms with van der Waals surface area (Å²) < 4.78 is 13.6. The van der Waals surface area contributed by atoms with Crippen LogP contribution in [0.1, 0.15) is 0 Å². The van der Waals surface area contributed by atoms with E-state index in [1.165, 1.54) is 6.07 Å². The lowest BCUT2D eigenvalue weighted by molar-refractivity contribution is 0.514. The van der Waals surface area contributed by atoms with Crippen molar-refractivity contribution in [1.29, 1.82) is 0 Å². The van der Waals surface area contributed by atoms with Crippen molar-refractivity contribution in [2.75, 3.05) is 18.0 Å². The van der Waals surface area contributed by atoms with Gasteiger partial charge in [-0.3, -0.25) is 15.1 Å². The Kier molecular flexibility index (Phi) is 4.38. The van der Waals surface area contributed by atoms with Gasteiger partial charge >= 0.3 is 0 Å². The monoisotopic (exact) mass is 484 g/mol. The van der Waals surface area contributed by atoms with Crippen molar-refractivity contribution in [2.45, 2.75) is 6.04 Å². The first-order valence-electron chi connectivity index (χ1n) is 10.9. The molecule has 0 aromatic carbocycles. The Balaban J connectivity index is 1.31. The number of halogens is 1. The highest BCUT2D eigenvalue weighted by molar-refractivity contribution is 7.13. The van der Waals surface area contributed by atoms with Gasteiger partial charge in [0.1, 0.15) is 28.2 Å². The van der Waals surface area contributed by atoms with Crippen LogP contribution in [-0.4, -0.2) is 59.2 Å². The Morgan fingerprint density at radius 2 is 1.83 bits per heavy atom. The van der Waals surface area contributed by atoms with Gasteiger partial charge in [-0.1, -0.05) is 0 Å². The van der Waals surface area contributed by atoms with Crippen LogP contribution in [0.3, 0.4) is 0 Å². The Morgan fingerprint density at radius 1 is 0.943 bits per heavy atom. The molecule has 35 heavy (non-hydrogen) atoms. The van der Waals surface area contributed by atoms with Gasteiger partial charge in [0.15, 0.2) is 16.6 Å². The van der Waals surface area contributed by atoms with Gasteiger partial charge in [-0.15, -0.1) is 11.3 Å². The zero-order chi connectivity index (χ0) is 23.5. The number of hydrogen-bond donors (Lipinski definition) is 3. The molecule has 0 saturated carbocycles. The standard InChI is InChI=1S/C23H17FN10S/c24-17-4-3-16(35-17)21-19-13(5-6-27-21)30-23(31-19)22-20-14(32-33-22)2-1-12(29-20)15-7-26-8-18(28-15)34-9-11(25)10-34/h1-8,11H,9-10,25H2,(H,30,31)(H,32,33). The molecule has 1 fully saturated rings. The molecule has 0 bridgehead atoms. The maximum atomic E-state index is 13.6. The van der Waals surface area contributed by atoms with Crippen molar-refractivity contribution in [3.05, 3.63) is 54.1 Å². The molecule has 0 radical (unpaired) electrons. The zero-order valence-electron chi connectivity index (χ0n) is 18.1. The predicted octanol–water partition coefficient (Wildman–Crippen LogP) is 3.37. The lowest BCUT2D eigenvalue weighted by atomic mass is 10.1. The van der Waals surface area contributed by atoms with Crippen molar-refractivity contribution in [1.82, 2.24) is 40.1 Å². The first kappa shape index (κ1) is 20.1. The predicted molar refractivity (Wildman–Crippen MR) is 131 cm³/mol. The van der Waals surface area contributed by atoms with Crippen LogP contribution in [0.5, 0.6) is 0 Å². The van der Waals surface area contributed by atoms with Crippen LogP contribution >= 0.6 is 11.3 Å². The fourth-order valence-electron chi connectivity index (χ4n) is 4.21. The summed E-state index contributed by atoms with van der Waals surface area (Å²) in [5.74, 6) is 1.32. The molecular weight excluding hydrogens is 467 g/mol. The van der Waals surface area contributed by atoms with E-state index < -0.39 is 0 Å². The molecule has 6 aromatic rings. The van der Waals surface area contributed by atoms with E-state index in [0.29, 0.717) is 44.5 Å². The summed E-state index contributed by atoms with van der Waals surface area (Å²) >= 11 is 1.03. The molecule has 10 nitrogen and oxygen atoms in total. The number of anilines is 1. The Morgan fingerprint density at radius 3 is 2.66 bits per heavy atom. The van der Waals surface area contributed by atoms with Gasteiger partial charge < -0.3 is 15.6 Å². The second-order valence-electron chi connectivity index (χ2n) is 8.34. The molecular formula is C23H17FN10S. The van der Waals surface area contributed by atoms with E-state index in [0.717, 1.165) is 41.3 Å². The van der Waals surface area contributed by atoms with Crippen LogP contribution in [-0.2, 0) is 0 Å². The highest BCUT2D eigenvalue weighted by atomic mass is 32.1. The van der Waals surface area contributed by atoms with Gasteiger partial charge in [-0.2, -0.15) is 9.49 Å². The van der Waals surface area contributed by atoms with Crippen molar-refractivity contribution in [3.8, 4) is 33.5 Å². The lowest BCUT2D eigenvalue weighted by Crippen LogP contribution is -2.56. The summed E-state index contributed by atoms with van der Waals surface area (Å²) in [6, 6.07) is 8.92. The van der Waals surface area contributed by atoms with E-state index in [4.69, 9.17) is 20.7 Å². The molecule has 12 heteroatoms. The van der Waals surface area contributed by atoms with Crippen LogP contribution in [0.4, 0.5) is 10.2 Å². The van der Waals surface area contributed by atoms with Crippen LogP contribution in [0.15, 0.2) is 48.9 Å². The minimum Gasteiger partial charge on any atom is -0.352 e. The van der Waals surface area contributed by atoms with Gasteiger partial charge in [0.05, 0.1) is 34.0 Å². The average Bonchev–Trinajstić information content (AvgIpc) is 3.59. The quantitative estimate of drug-likeness (QED) is 0.346. The molecule has 1 saturated heterocycles. The number of thiophene rings is 1. The third-order valence-corrected chi connectivity index (χ3v) is 6.84. The van der Waals surface area contributed by atoms with E-state index in [1.54, 1.807) is 24.7 Å². The molecule has 0 amide bonds. The molecule has 0 aliphatic carbocycles. The summed E-state index contributed by atoms with van der Waals surface area (Å²) in [4.78, 5) is 29.2. The molecule has 6 aromatic heterocycles. The second-order valence-corrected chi connectivity index (χ2v) is 9.37. The van der Waals surface area contributed by atoms with Crippen molar-refractivity contribution < 1.29 is 4.39 Å². The van der Waals surface area contributed by atoms with Crippen LogP contribution in [0.2, 0.25) is 0 Å². The minimum absolute atomic E-state index is 0.168. The Labute approximate surface area is 201 Å². The summed E-state index contributed by atoms with van der Waals surface area (Å²) in [6.45, 7) is 1.52. The molecule has 7 heterocycles. The van der Waals surface area contributed by atoms with Crippen LogP contribution in [0, 0.1) is 5.13 Å². The van der Waals surface area contributed by atoms with E-state index in [2.05, 4.69) is 30.0 Å². The van der Waals surface area contributed by atoms with E-state index in [9.17, 15) is 4.39 Å². The fourth-order valence-corrected chi connectivity index (χ4v) is 4.94. The van der Waals surface area contributed by atoms with Crippen molar-refractivity contribution in [2.24, 2.45) is 5.73 Å². The SMILES string of the molecule is NC1CN(c2cncc(-c3ccc4[nH]nc(-c5nc6c(-c7ccc(F)s7)nccc6[nH]5)c4n3)n2)C1. The van der Waals surface area contributed by atoms with Crippen LogP contribution in [0.25, 0.3) is 55.5 Å². The number of pyridine rings is 2. The van der Waals surface area contributed by atoms with Crippen LogP contribution < -0.4 is 10.6 Å². The smallest absolute Gasteiger partial charge is 0.177 e. The summed E-state index contributed by atoms with van der Waals surface area (Å²) in [5.41, 5.74) is 11.3. The summed E-state index contributed by atoms with van der Waals surface area (Å²) in [6.07, 6.45) is 5.10. The number of aromatic amines is 2. The summed E-state index contributed by atoms with van der Waals surface area (Å²) in [7, 11) is 0.